The predicted molar refractivity (Wildman–Crippen MR) is 124 cm³/mol. The van der Waals surface area contributed by atoms with Crippen LogP contribution in [0.1, 0.15) is 15.9 Å². The lowest BCUT2D eigenvalue weighted by Crippen LogP contribution is -2.13. The van der Waals surface area contributed by atoms with Crippen LogP contribution < -0.4 is 5.32 Å². The van der Waals surface area contributed by atoms with Crippen molar-refractivity contribution < 1.29 is 4.79 Å². The Morgan fingerprint density at radius 1 is 0.767 bits per heavy atom. The van der Waals surface area contributed by atoms with Crippen LogP contribution >= 0.6 is 0 Å². The number of carbonyl (C=O) groups excluding carboxylic acids is 1. The molecule has 5 aromatic rings. The van der Waals surface area contributed by atoms with Gasteiger partial charge in [0.2, 0.25) is 0 Å². The molecule has 1 heterocycles. The number of carbonyl (C=O) groups is 1. The number of hydrogen-bond donors (Lipinski definition) is 1. The second kappa shape index (κ2) is 7.45. The number of pyridine rings is 1. The Kier molecular flexibility index (Phi) is 4.49. The minimum absolute atomic E-state index is 0.140. The van der Waals surface area contributed by atoms with E-state index in [9.17, 15) is 4.79 Å². The second-order valence-corrected chi connectivity index (χ2v) is 7.42. The summed E-state index contributed by atoms with van der Waals surface area (Å²) in [5.74, 6) is -0.140. The number of nitrogens with one attached hydrogen (secondary N) is 1. The fourth-order valence-corrected chi connectivity index (χ4v) is 3.76. The number of aryl methyl sites for hydroxylation is 1. The third-order valence-corrected chi connectivity index (χ3v) is 5.35. The molecule has 0 bridgehead atoms. The number of aromatic nitrogens is 1. The highest BCUT2D eigenvalue weighted by molar-refractivity contribution is 6.15. The minimum Gasteiger partial charge on any atom is -0.321 e. The largest absolute Gasteiger partial charge is 0.321 e. The first-order valence-electron chi connectivity index (χ1n) is 9.95. The highest BCUT2D eigenvalue weighted by atomic mass is 16.1. The molecule has 4 aromatic carbocycles. The van der Waals surface area contributed by atoms with E-state index < -0.39 is 0 Å². The molecule has 30 heavy (non-hydrogen) atoms. The van der Waals surface area contributed by atoms with E-state index in [2.05, 4.69) is 24.4 Å². The van der Waals surface area contributed by atoms with Crippen LogP contribution in [0.4, 0.5) is 5.69 Å². The average Bonchev–Trinajstić information content (AvgIpc) is 2.79. The third-order valence-electron chi connectivity index (χ3n) is 5.35. The first kappa shape index (κ1) is 18.1. The minimum atomic E-state index is -0.140. The van der Waals surface area contributed by atoms with Crippen LogP contribution in [0.15, 0.2) is 97.1 Å². The summed E-state index contributed by atoms with van der Waals surface area (Å²) in [4.78, 5) is 18.2. The van der Waals surface area contributed by atoms with Gasteiger partial charge < -0.3 is 5.32 Å². The molecule has 0 radical (unpaired) electrons. The van der Waals surface area contributed by atoms with Crippen LogP contribution in [-0.4, -0.2) is 10.9 Å². The smallest absolute Gasteiger partial charge is 0.256 e. The molecule has 1 amide bonds. The Bertz CT molecular complexity index is 1380. The maximum atomic E-state index is 13.4. The van der Waals surface area contributed by atoms with Gasteiger partial charge in [-0.25, -0.2) is 4.98 Å². The van der Waals surface area contributed by atoms with Crippen LogP contribution in [0.5, 0.6) is 0 Å². The van der Waals surface area contributed by atoms with Crippen LogP contribution in [0.25, 0.3) is 32.9 Å². The molecule has 0 fully saturated rings. The van der Waals surface area contributed by atoms with Gasteiger partial charge in [-0.05, 0) is 30.5 Å². The average molecular weight is 388 g/mol. The van der Waals surface area contributed by atoms with Crippen LogP contribution in [0.2, 0.25) is 0 Å². The first-order chi connectivity index (χ1) is 14.7. The van der Waals surface area contributed by atoms with E-state index >= 15 is 0 Å². The van der Waals surface area contributed by atoms with E-state index in [1.165, 1.54) is 5.56 Å². The van der Waals surface area contributed by atoms with Gasteiger partial charge in [0.25, 0.3) is 5.91 Å². The van der Waals surface area contributed by atoms with Crippen molar-refractivity contribution in [2.24, 2.45) is 0 Å². The van der Waals surface area contributed by atoms with Gasteiger partial charge in [-0.3, -0.25) is 4.79 Å². The Labute approximate surface area is 175 Å². The molecule has 1 N–H and O–H groups in total. The fourth-order valence-electron chi connectivity index (χ4n) is 3.76. The third kappa shape index (κ3) is 3.31. The molecule has 3 heteroatoms. The number of rotatable bonds is 3. The molecule has 3 nitrogen and oxygen atoms in total. The Hall–Kier alpha value is -3.98. The standard InChI is InChI=1S/C27H20N2O/c1-18-13-15-20(16-14-18)26-17-23(22-10-4-5-11-25(22)28-26)27(30)29-24-12-6-8-19-7-2-3-9-21(19)24/h2-17H,1H3,(H,29,30). The molecule has 0 aliphatic heterocycles. The molecule has 144 valence electrons. The number of fused-ring (bicyclic) bond motifs is 2. The summed E-state index contributed by atoms with van der Waals surface area (Å²) in [6, 6.07) is 31.8. The van der Waals surface area contributed by atoms with Crippen molar-refractivity contribution in [2.75, 3.05) is 5.32 Å². The number of anilines is 1. The second-order valence-electron chi connectivity index (χ2n) is 7.42. The Balaban J connectivity index is 1.62. The van der Waals surface area contributed by atoms with Crippen molar-refractivity contribution in [2.45, 2.75) is 6.92 Å². The lowest BCUT2D eigenvalue weighted by Gasteiger charge is -2.12. The van der Waals surface area contributed by atoms with E-state index in [-0.39, 0.29) is 5.91 Å². The van der Waals surface area contributed by atoms with E-state index in [0.717, 1.165) is 38.6 Å². The molecule has 0 unspecified atom stereocenters. The molecule has 0 saturated carbocycles. The normalized spacial score (nSPS) is 11.0. The quantitative estimate of drug-likeness (QED) is 0.377. The molecular weight excluding hydrogens is 368 g/mol. The van der Waals surface area contributed by atoms with E-state index in [0.29, 0.717) is 5.56 Å². The zero-order valence-corrected chi connectivity index (χ0v) is 16.6. The van der Waals surface area contributed by atoms with Crippen LogP contribution in [0.3, 0.4) is 0 Å². The molecule has 0 aliphatic carbocycles. The van der Waals surface area contributed by atoms with Gasteiger partial charge in [0.15, 0.2) is 0 Å². The van der Waals surface area contributed by atoms with Crippen LogP contribution in [0, 0.1) is 6.92 Å². The maximum Gasteiger partial charge on any atom is 0.256 e. The molecule has 0 spiro atoms. The summed E-state index contributed by atoms with van der Waals surface area (Å²) in [6.07, 6.45) is 0. The highest BCUT2D eigenvalue weighted by Crippen LogP contribution is 2.28. The molecule has 0 atom stereocenters. The summed E-state index contributed by atoms with van der Waals surface area (Å²) < 4.78 is 0. The number of para-hydroxylation sites is 1. The number of benzene rings is 4. The molecule has 5 rings (SSSR count). The molecule has 0 saturated heterocycles. The Morgan fingerprint density at radius 2 is 1.47 bits per heavy atom. The Morgan fingerprint density at radius 3 is 2.30 bits per heavy atom. The van der Waals surface area contributed by atoms with Gasteiger partial charge in [-0.15, -0.1) is 0 Å². The van der Waals surface area contributed by atoms with Gasteiger partial charge in [0, 0.05) is 22.0 Å². The van der Waals surface area contributed by atoms with Gasteiger partial charge in [-0.2, -0.15) is 0 Å². The monoisotopic (exact) mass is 388 g/mol. The summed E-state index contributed by atoms with van der Waals surface area (Å²) >= 11 is 0. The number of amides is 1. The predicted octanol–water partition coefficient (Wildman–Crippen LogP) is 6.62. The lowest BCUT2D eigenvalue weighted by atomic mass is 10.0. The van der Waals surface area contributed by atoms with Crippen molar-refractivity contribution in [3.63, 3.8) is 0 Å². The van der Waals surface area contributed by atoms with Crippen molar-refractivity contribution in [1.82, 2.24) is 4.98 Å². The number of hydrogen-bond acceptors (Lipinski definition) is 2. The summed E-state index contributed by atoms with van der Waals surface area (Å²) in [5, 5.41) is 6.07. The van der Waals surface area contributed by atoms with Crippen molar-refractivity contribution in [3.05, 3.63) is 108 Å². The molecule has 1 aromatic heterocycles. The van der Waals surface area contributed by atoms with Gasteiger partial charge in [0.1, 0.15) is 0 Å². The van der Waals surface area contributed by atoms with Crippen molar-refractivity contribution >= 4 is 33.3 Å². The zero-order valence-electron chi connectivity index (χ0n) is 16.6. The zero-order chi connectivity index (χ0) is 20.5. The number of nitrogens with zero attached hydrogens (tertiary/aromatic N) is 1. The SMILES string of the molecule is Cc1ccc(-c2cc(C(=O)Nc3cccc4ccccc34)c3ccccc3n2)cc1. The first-order valence-corrected chi connectivity index (χ1v) is 9.95. The topological polar surface area (TPSA) is 42.0 Å². The summed E-state index contributed by atoms with van der Waals surface area (Å²) in [6.45, 7) is 2.06. The van der Waals surface area contributed by atoms with Gasteiger partial charge in [0.05, 0.1) is 16.8 Å². The summed E-state index contributed by atoms with van der Waals surface area (Å²) in [7, 11) is 0. The van der Waals surface area contributed by atoms with Crippen LogP contribution in [-0.2, 0) is 0 Å². The molecular formula is C27H20N2O. The molecule has 0 aliphatic rings. The van der Waals surface area contributed by atoms with Gasteiger partial charge >= 0.3 is 0 Å². The van der Waals surface area contributed by atoms with E-state index in [1.54, 1.807) is 0 Å². The van der Waals surface area contributed by atoms with Crippen molar-refractivity contribution in [1.29, 1.82) is 0 Å². The highest BCUT2D eigenvalue weighted by Gasteiger charge is 2.15. The van der Waals surface area contributed by atoms with Gasteiger partial charge in [-0.1, -0.05) is 84.4 Å². The maximum absolute atomic E-state index is 13.4. The lowest BCUT2D eigenvalue weighted by molar-refractivity contribution is 0.102. The van der Waals surface area contributed by atoms with E-state index in [1.807, 2.05) is 84.9 Å². The van der Waals surface area contributed by atoms with E-state index in [4.69, 9.17) is 4.98 Å². The van der Waals surface area contributed by atoms with Crippen molar-refractivity contribution in [3.8, 4) is 11.3 Å². The summed E-state index contributed by atoms with van der Waals surface area (Å²) in [5.41, 5.74) is 5.19. The fraction of sp³-hybridized carbons (Fsp3) is 0.0370.